The fraction of sp³-hybridized carbons (Fsp3) is 0.615. The molecule has 5 nitrogen and oxygen atoms in total. The van der Waals surface area contributed by atoms with Crippen LogP contribution in [0.5, 0.6) is 5.75 Å². The summed E-state index contributed by atoms with van der Waals surface area (Å²) in [7, 11) is 1.66. The van der Waals surface area contributed by atoms with Crippen molar-refractivity contribution in [2.75, 3.05) is 51.3 Å². The monoisotopic (exact) mass is 250 g/mol. The third kappa shape index (κ3) is 3.34. The zero-order chi connectivity index (χ0) is 12.8. The van der Waals surface area contributed by atoms with E-state index in [4.69, 9.17) is 10.5 Å². The van der Waals surface area contributed by atoms with Crippen molar-refractivity contribution in [3.05, 3.63) is 18.3 Å². The number of pyridine rings is 1. The molecule has 2 rings (SSSR count). The van der Waals surface area contributed by atoms with E-state index < -0.39 is 0 Å². The van der Waals surface area contributed by atoms with E-state index >= 15 is 0 Å². The molecule has 1 aromatic heterocycles. The molecular formula is C13H22N4O. The second-order valence-electron chi connectivity index (χ2n) is 4.53. The van der Waals surface area contributed by atoms with E-state index in [0.717, 1.165) is 57.3 Å². The Morgan fingerprint density at radius 3 is 2.83 bits per heavy atom. The Hall–Kier alpha value is -1.33. The average molecular weight is 250 g/mol. The predicted octanol–water partition coefficient (Wildman–Crippen LogP) is 0.561. The van der Waals surface area contributed by atoms with Crippen LogP contribution >= 0.6 is 0 Å². The number of aromatic nitrogens is 1. The molecule has 1 aliphatic rings. The van der Waals surface area contributed by atoms with Gasteiger partial charge in [-0.05, 0) is 25.1 Å². The first-order valence-electron chi connectivity index (χ1n) is 6.51. The minimum absolute atomic E-state index is 0.737. The maximum atomic E-state index is 5.61. The van der Waals surface area contributed by atoms with Crippen molar-refractivity contribution < 1.29 is 4.74 Å². The summed E-state index contributed by atoms with van der Waals surface area (Å²) in [6.07, 6.45) is 2.94. The van der Waals surface area contributed by atoms with Gasteiger partial charge in [0.1, 0.15) is 11.6 Å². The first-order chi connectivity index (χ1) is 8.83. The minimum atomic E-state index is 0.737. The molecular weight excluding hydrogens is 228 g/mol. The Labute approximate surface area is 109 Å². The summed E-state index contributed by atoms with van der Waals surface area (Å²) in [5, 5.41) is 0. The maximum absolute atomic E-state index is 5.61. The van der Waals surface area contributed by atoms with Crippen molar-refractivity contribution in [1.82, 2.24) is 9.88 Å². The van der Waals surface area contributed by atoms with Gasteiger partial charge in [-0.25, -0.2) is 4.98 Å². The standard InChI is InChI=1S/C13H22N4O/c1-18-12-3-4-13(15-11-12)17-7-2-6-16(8-5-14)9-10-17/h3-4,11H,2,5-10,14H2,1H3. The van der Waals surface area contributed by atoms with Crippen LogP contribution in [0.25, 0.3) is 0 Å². The number of hydrogen-bond donors (Lipinski definition) is 1. The quantitative estimate of drug-likeness (QED) is 0.846. The second kappa shape index (κ2) is 6.56. The molecule has 0 spiro atoms. The maximum Gasteiger partial charge on any atom is 0.137 e. The summed E-state index contributed by atoms with van der Waals surface area (Å²) in [4.78, 5) is 9.19. The molecule has 100 valence electrons. The normalized spacial score (nSPS) is 17.6. The molecule has 0 aliphatic carbocycles. The van der Waals surface area contributed by atoms with Crippen LogP contribution in [0.2, 0.25) is 0 Å². The van der Waals surface area contributed by atoms with Crippen LogP contribution < -0.4 is 15.4 Å². The number of methoxy groups -OCH3 is 1. The molecule has 1 aliphatic heterocycles. The van der Waals surface area contributed by atoms with Gasteiger partial charge in [0.25, 0.3) is 0 Å². The highest BCUT2D eigenvalue weighted by Gasteiger charge is 2.15. The van der Waals surface area contributed by atoms with E-state index in [-0.39, 0.29) is 0 Å². The first-order valence-corrected chi connectivity index (χ1v) is 6.51. The summed E-state index contributed by atoms with van der Waals surface area (Å²) >= 11 is 0. The van der Waals surface area contributed by atoms with Crippen LogP contribution in [0.1, 0.15) is 6.42 Å². The third-order valence-corrected chi connectivity index (χ3v) is 3.31. The van der Waals surface area contributed by atoms with Gasteiger partial charge >= 0.3 is 0 Å². The Morgan fingerprint density at radius 1 is 1.28 bits per heavy atom. The lowest BCUT2D eigenvalue weighted by molar-refractivity contribution is 0.302. The van der Waals surface area contributed by atoms with Crippen molar-refractivity contribution in [2.45, 2.75) is 6.42 Å². The summed E-state index contributed by atoms with van der Waals surface area (Å²) in [5.74, 6) is 1.84. The van der Waals surface area contributed by atoms with Crippen molar-refractivity contribution >= 4 is 5.82 Å². The Kier molecular flexibility index (Phi) is 4.78. The van der Waals surface area contributed by atoms with E-state index in [1.807, 2.05) is 12.1 Å². The lowest BCUT2D eigenvalue weighted by atomic mass is 10.3. The average Bonchev–Trinajstić information content (AvgIpc) is 2.65. The minimum Gasteiger partial charge on any atom is -0.495 e. The van der Waals surface area contributed by atoms with Crippen LogP contribution in [0.3, 0.4) is 0 Å². The topological polar surface area (TPSA) is 54.6 Å². The fourth-order valence-corrected chi connectivity index (χ4v) is 2.29. The molecule has 0 unspecified atom stereocenters. The number of nitrogens with zero attached hydrogens (tertiary/aromatic N) is 3. The van der Waals surface area contributed by atoms with Gasteiger partial charge in [0.05, 0.1) is 13.3 Å². The van der Waals surface area contributed by atoms with Gasteiger partial charge in [0.15, 0.2) is 0 Å². The van der Waals surface area contributed by atoms with Gasteiger partial charge < -0.3 is 20.3 Å². The summed E-state index contributed by atoms with van der Waals surface area (Å²) < 4.78 is 5.13. The molecule has 1 aromatic rings. The highest BCUT2D eigenvalue weighted by molar-refractivity contribution is 5.40. The van der Waals surface area contributed by atoms with E-state index in [9.17, 15) is 0 Å². The third-order valence-electron chi connectivity index (χ3n) is 3.31. The molecule has 0 saturated carbocycles. The molecule has 0 radical (unpaired) electrons. The van der Waals surface area contributed by atoms with Crippen LogP contribution in [0.15, 0.2) is 18.3 Å². The van der Waals surface area contributed by atoms with E-state index in [1.54, 1.807) is 13.3 Å². The zero-order valence-electron chi connectivity index (χ0n) is 11.0. The summed E-state index contributed by atoms with van der Waals surface area (Å²) in [5.41, 5.74) is 5.61. The number of anilines is 1. The molecule has 0 aromatic carbocycles. The fourth-order valence-electron chi connectivity index (χ4n) is 2.29. The van der Waals surface area contributed by atoms with Crippen LogP contribution in [0.4, 0.5) is 5.82 Å². The van der Waals surface area contributed by atoms with Crippen molar-refractivity contribution in [3.8, 4) is 5.75 Å². The van der Waals surface area contributed by atoms with Gasteiger partial charge in [0.2, 0.25) is 0 Å². The van der Waals surface area contributed by atoms with Gasteiger partial charge in [-0.1, -0.05) is 0 Å². The number of rotatable bonds is 4. The van der Waals surface area contributed by atoms with Crippen LogP contribution in [-0.2, 0) is 0 Å². The van der Waals surface area contributed by atoms with Crippen LogP contribution in [-0.4, -0.2) is 56.3 Å². The highest BCUT2D eigenvalue weighted by atomic mass is 16.5. The van der Waals surface area contributed by atoms with E-state index in [0.29, 0.717) is 0 Å². The number of ether oxygens (including phenoxy) is 1. The lowest BCUT2D eigenvalue weighted by Crippen LogP contribution is -2.34. The molecule has 2 heterocycles. The van der Waals surface area contributed by atoms with Crippen LogP contribution in [0, 0.1) is 0 Å². The second-order valence-corrected chi connectivity index (χ2v) is 4.53. The summed E-state index contributed by atoms with van der Waals surface area (Å²) in [6, 6.07) is 3.99. The lowest BCUT2D eigenvalue weighted by Gasteiger charge is -2.22. The van der Waals surface area contributed by atoms with E-state index in [2.05, 4.69) is 14.8 Å². The molecule has 1 saturated heterocycles. The van der Waals surface area contributed by atoms with Gasteiger partial charge in [0, 0.05) is 32.7 Å². The number of nitrogens with two attached hydrogens (primary N) is 1. The molecule has 1 fully saturated rings. The smallest absolute Gasteiger partial charge is 0.137 e. The Bertz CT molecular complexity index is 355. The number of hydrogen-bond acceptors (Lipinski definition) is 5. The zero-order valence-corrected chi connectivity index (χ0v) is 11.0. The van der Waals surface area contributed by atoms with Crippen molar-refractivity contribution in [3.63, 3.8) is 0 Å². The highest BCUT2D eigenvalue weighted by Crippen LogP contribution is 2.17. The van der Waals surface area contributed by atoms with Gasteiger partial charge in [-0.2, -0.15) is 0 Å². The molecule has 0 atom stereocenters. The van der Waals surface area contributed by atoms with Crippen molar-refractivity contribution in [1.29, 1.82) is 0 Å². The molecule has 18 heavy (non-hydrogen) atoms. The van der Waals surface area contributed by atoms with Gasteiger partial charge in [-0.3, -0.25) is 0 Å². The largest absolute Gasteiger partial charge is 0.495 e. The molecule has 0 amide bonds. The van der Waals surface area contributed by atoms with Crippen molar-refractivity contribution in [2.24, 2.45) is 5.73 Å². The molecule has 0 bridgehead atoms. The van der Waals surface area contributed by atoms with Gasteiger partial charge in [-0.15, -0.1) is 0 Å². The first kappa shape index (κ1) is 13.1. The predicted molar refractivity (Wildman–Crippen MR) is 73.1 cm³/mol. The SMILES string of the molecule is COc1ccc(N2CCCN(CCN)CC2)nc1. The Balaban J connectivity index is 1.96. The molecule has 2 N–H and O–H groups in total. The van der Waals surface area contributed by atoms with E-state index in [1.165, 1.54) is 0 Å². The molecule has 5 heteroatoms. The Morgan fingerprint density at radius 2 is 2.17 bits per heavy atom. The summed E-state index contributed by atoms with van der Waals surface area (Å²) in [6.45, 7) is 5.99.